The summed E-state index contributed by atoms with van der Waals surface area (Å²) in [6.07, 6.45) is 7.80. The number of nitrogens with zero attached hydrogens (tertiary/aromatic N) is 2. The van der Waals surface area contributed by atoms with E-state index in [9.17, 15) is 0 Å². The summed E-state index contributed by atoms with van der Waals surface area (Å²) >= 11 is 0. The lowest BCUT2D eigenvalue weighted by molar-refractivity contribution is 0.190. The van der Waals surface area contributed by atoms with Gasteiger partial charge in [-0.1, -0.05) is 36.4 Å². The Kier molecular flexibility index (Phi) is 5.04. The normalized spacial score (nSPS) is 14.1. The Labute approximate surface area is 171 Å². The molecular formula is C25H27N3O. The second-order valence-corrected chi connectivity index (χ2v) is 7.97. The molecule has 4 aromatic rings. The maximum absolute atomic E-state index is 5.26. The summed E-state index contributed by atoms with van der Waals surface area (Å²) in [7, 11) is 1.76. The van der Waals surface area contributed by atoms with E-state index in [2.05, 4.69) is 64.6 Å². The number of methoxy groups -OCH3 is 1. The van der Waals surface area contributed by atoms with Gasteiger partial charge < -0.3 is 14.6 Å². The Balaban J connectivity index is 1.61. The van der Waals surface area contributed by atoms with Crippen LogP contribution < -0.4 is 5.32 Å². The Morgan fingerprint density at radius 1 is 1.10 bits per heavy atom. The highest BCUT2D eigenvalue weighted by molar-refractivity contribution is 5.98. The van der Waals surface area contributed by atoms with Crippen molar-refractivity contribution in [1.82, 2.24) is 14.9 Å². The Morgan fingerprint density at radius 3 is 2.79 bits per heavy atom. The molecule has 1 aliphatic rings. The van der Waals surface area contributed by atoms with Gasteiger partial charge in [-0.3, -0.25) is 0 Å². The molecule has 148 valence electrons. The highest BCUT2D eigenvalue weighted by atomic mass is 16.5. The van der Waals surface area contributed by atoms with Gasteiger partial charge in [0, 0.05) is 50.6 Å². The van der Waals surface area contributed by atoms with E-state index in [-0.39, 0.29) is 0 Å². The number of fused-ring (bicyclic) bond motifs is 2. The van der Waals surface area contributed by atoms with Crippen molar-refractivity contribution in [3.63, 3.8) is 0 Å². The lowest BCUT2D eigenvalue weighted by Crippen LogP contribution is -2.15. The van der Waals surface area contributed by atoms with Gasteiger partial charge in [0.2, 0.25) is 0 Å². The fourth-order valence-electron chi connectivity index (χ4n) is 4.12. The first-order valence-corrected chi connectivity index (χ1v) is 10.5. The van der Waals surface area contributed by atoms with Crippen LogP contribution in [0.3, 0.4) is 0 Å². The number of ether oxygens (including phenoxy) is 1. The van der Waals surface area contributed by atoms with Crippen LogP contribution in [0, 0.1) is 0 Å². The molecule has 0 radical (unpaired) electrons. The predicted octanol–water partition coefficient (Wildman–Crippen LogP) is 5.15. The highest BCUT2D eigenvalue weighted by Gasteiger charge is 2.22. The molecule has 29 heavy (non-hydrogen) atoms. The monoisotopic (exact) mass is 385 g/mol. The molecule has 4 heteroatoms. The molecule has 1 fully saturated rings. The summed E-state index contributed by atoms with van der Waals surface area (Å²) in [5, 5.41) is 7.50. The molecule has 2 aromatic carbocycles. The van der Waals surface area contributed by atoms with E-state index in [1.54, 1.807) is 7.11 Å². The zero-order valence-corrected chi connectivity index (χ0v) is 16.9. The third kappa shape index (κ3) is 3.78. The largest absolute Gasteiger partial charge is 0.385 e. The van der Waals surface area contributed by atoms with Gasteiger partial charge in [-0.05, 0) is 58.9 Å². The van der Waals surface area contributed by atoms with Crippen LogP contribution in [0.2, 0.25) is 0 Å². The second-order valence-electron chi connectivity index (χ2n) is 7.97. The van der Waals surface area contributed by atoms with Gasteiger partial charge in [0.05, 0.1) is 0 Å². The number of hydrogen-bond donors (Lipinski definition) is 1. The average Bonchev–Trinajstić information content (AvgIpc) is 3.53. The van der Waals surface area contributed by atoms with Crippen LogP contribution in [0.4, 0.5) is 0 Å². The van der Waals surface area contributed by atoms with Crippen LogP contribution in [0.5, 0.6) is 0 Å². The lowest BCUT2D eigenvalue weighted by atomic mass is 9.98. The van der Waals surface area contributed by atoms with Crippen molar-refractivity contribution < 1.29 is 4.74 Å². The smallest absolute Gasteiger partial charge is 0.140 e. The predicted molar refractivity (Wildman–Crippen MR) is 119 cm³/mol. The molecule has 0 saturated heterocycles. The van der Waals surface area contributed by atoms with Gasteiger partial charge in [-0.25, -0.2) is 4.98 Å². The standard InChI is InChI=1S/C25H27N3O/c1-29-14-4-13-28-17-21(16-27-22-9-10-22)24-23(11-12-26-25(24)28)20-8-7-18-5-2-3-6-19(18)15-20/h2-3,5-8,11-12,15,17,22,27H,4,9-10,13-14,16H2,1H3. The number of aromatic nitrogens is 2. The topological polar surface area (TPSA) is 39.1 Å². The first-order chi connectivity index (χ1) is 14.3. The van der Waals surface area contributed by atoms with Crippen molar-refractivity contribution >= 4 is 21.8 Å². The van der Waals surface area contributed by atoms with E-state index in [4.69, 9.17) is 9.72 Å². The molecule has 0 aliphatic heterocycles. The second kappa shape index (κ2) is 7.97. The van der Waals surface area contributed by atoms with Crippen molar-refractivity contribution in [2.24, 2.45) is 0 Å². The summed E-state index contributed by atoms with van der Waals surface area (Å²) in [6, 6.07) is 18.1. The van der Waals surface area contributed by atoms with Crippen molar-refractivity contribution in [3.05, 3.63) is 66.5 Å². The Morgan fingerprint density at radius 2 is 1.97 bits per heavy atom. The van der Waals surface area contributed by atoms with Crippen LogP contribution in [0.15, 0.2) is 60.9 Å². The molecule has 5 rings (SSSR count). The fourth-order valence-corrected chi connectivity index (χ4v) is 4.12. The minimum atomic E-state index is 0.683. The number of benzene rings is 2. The molecule has 0 amide bonds. The lowest BCUT2D eigenvalue weighted by Gasteiger charge is -2.09. The number of aryl methyl sites for hydroxylation is 1. The molecule has 0 unspecified atom stereocenters. The zero-order chi connectivity index (χ0) is 19.6. The number of pyridine rings is 1. The highest BCUT2D eigenvalue weighted by Crippen LogP contribution is 2.33. The van der Waals surface area contributed by atoms with Gasteiger partial charge in [-0.2, -0.15) is 0 Å². The molecular weight excluding hydrogens is 358 g/mol. The van der Waals surface area contributed by atoms with Gasteiger partial charge >= 0.3 is 0 Å². The molecule has 2 aromatic heterocycles. The third-order valence-corrected chi connectivity index (χ3v) is 5.80. The van der Waals surface area contributed by atoms with Gasteiger partial charge in [-0.15, -0.1) is 0 Å². The van der Waals surface area contributed by atoms with E-state index in [0.29, 0.717) is 6.04 Å². The summed E-state index contributed by atoms with van der Waals surface area (Å²) in [5.74, 6) is 0. The molecule has 0 bridgehead atoms. The molecule has 4 nitrogen and oxygen atoms in total. The molecule has 1 aliphatic carbocycles. The quantitative estimate of drug-likeness (QED) is 0.427. The molecule has 0 atom stereocenters. The van der Waals surface area contributed by atoms with E-state index in [1.807, 2.05) is 6.20 Å². The van der Waals surface area contributed by atoms with Crippen LogP contribution >= 0.6 is 0 Å². The van der Waals surface area contributed by atoms with Crippen LogP contribution in [0.1, 0.15) is 24.8 Å². The number of hydrogen-bond acceptors (Lipinski definition) is 3. The first kappa shape index (κ1) is 18.3. The van der Waals surface area contributed by atoms with Gasteiger partial charge in [0.25, 0.3) is 0 Å². The number of rotatable bonds is 8. The molecule has 2 heterocycles. The van der Waals surface area contributed by atoms with Crippen molar-refractivity contribution in [2.75, 3.05) is 13.7 Å². The van der Waals surface area contributed by atoms with Gasteiger partial charge in [0.15, 0.2) is 0 Å². The van der Waals surface area contributed by atoms with E-state index in [1.165, 1.54) is 45.7 Å². The van der Waals surface area contributed by atoms with Crippen LogP contribution in [-0.2, 0) is 17.8 Å². The maximum atomic E-state index is 5.26. The Hall–Kier alpha value is -2.69. The van der Waals surface area contributed by atoms with Gasteiger partial charge in [0.1, 0.15) is 5.65 Å². The van der Waals surface area contributed by atoms with Crippen molar-refractivity contribution in [3.8, 4) is 11.1 Å². The molecule has 0 spiro atoms. The van der Waals surface area contributed by atoms with E-state index >= 15 is 0 Å². The van der Waals surface area contributed by atoms with Crippen LogP contribution in [0.25, 0.3) is 32.9 Å². The summed E-state index contributed by atoms with van der Waals surface area (Å²) in [5.41, 5.74) is 4.91. The summed E-state index contributed by atoms with van der Waals surface area (Å²) in [6.45, 7) is 2.58. The minimum Gasteiger partial charge on any atom is -0.385 e. The summed E-state index contributed by atoms with van der Waals surface area (Å²) < 4.78 is 7.55. The van der Waals surface area contributed by atoms with Crippen molar-refractivity contribution in [2.45, 2.75) is 38.4 Å². The van der Waals surface area contributed by atoms with Crippen molar-refractivity contribution in [1.29, 1.82) is 0 Å². The molecule has 1 N–H and O–H groups in total. The zero-order valence-electron chi connectivity index (χ0n) is 16.9. The number of nitrogens with one attached hydrogen (secondary N) is 1. The SMILES string of the molecule is COCCCn1cc(CNC2CC2)c2c(-c3ccc4ccccc4c3)ccnc21. The molecule has 1 saturated carbocycles. The summed E-state index contributed by atoms with van der Waals surface area (Å²) in [4.78, 5) is 4.77. The average molecular weight is 386 g/mol. The fraction of sp³-hybridized carbons (Fsp3) is 0.320. The Bertz CT molecular complexity index is 1140. The first-order valence-electron chi connectivity index (χ1n) is 10.5. The van der Waals surface area contributed by atoms with E-state index < -0.39 is 0 Å². The maximum Gasteiger partial charge on any atom is 0.140 e. The minimum absolute atomic E-state index is 0.683. The third-order valence-electron chi connectivity index (χ3n) is 5.80. The van der Waals surface area contributed by atoms with Crippen LogP contribution in [-0.4, -0.2) is 29.3 Å². The van der Waals surface area contributed by atoms with E-state index in [0.717, 1.165) is 31.8 Å².